The predicted octanol–water partition coefficient (Wildman–Crippen LogP) is 1.40. The number of rotatable bonds is 6. The minimum Gasteiger partial charge on any atom is -0.497 e. The molecule has 29 heavy (non-hydrogen) atoms. The third-order valence-electron chi connectivity index (χ3n) is 5.60. The zero-order valence-electron chi connectivity index (χ0n) is 16.8. The van der Waals surface area contributed by atoms with Crippen molar-refractivity contribution in [1.29, 1.82) is 0 Å². The molecule has 0 N–H and O–H groups in total. The zero-order chi connectivity index (χ0) is 20.3. The van der Waals surface area contributed by atoms with Gasteiger partial charge in [0.25, 0.3) is 5.91 Å². The molecule has 9 nitrogen and oxygen atoms in total. The number of aromatic nitrogens is 3. The molecular formula is C20H26N4O5. The number of amides is 1. The predicted molar refractivity (Wildman–Crippen MR) is 103 cm³/mol. The summed E-state index contributed by atoms with van der Waals surface area (Å²) in [7, 11) is 3.25. The molecule has 1 spiro atoms. The second kappa shape index (κ2) is 8.38. The van der Waals surface area contributed by atoms with E-state index in [1.165, 1.54) is 0 Å². The first kappa shape index (κ1) is 19.7. The van der Waals surface area contributed by atoms with Gasteiger partial charge in [-0.1, -0.05) is 5.21 Å². The monoisotopic (exact) mass is 402 g/mol. The summed E-state index contributed by atoms with van der Waals surface area (Å²) in [4.78, 5) is 14.4. The lowest BCUT2D eigenvalue weighted by Crippen LogP contribution is -2.52. The van der Waals surface area contributed by atoms with Crippen molar-refractivity contribution in [3.8, 4) is 11.5 Å². The van der Waals surface area contributed by atoms with Crippen molar-refractivity contribution in [2.45, 2.75) is 38.2 Å². The maximum Gasteiger partial charge on any atom is 0.260 e. The molecule has 3 heterocycles. The van der Waals surface area contributed by atoms with E-state index in [2.05, 4.69) is 10.3 Å². The molecule has 1 aromatic carbocycles. The molecule has 0 unspecified atom stereocenters. The first-order chi connectivity index (χ1) is 14.1. The average molecular weight is 402 g/mol. The Kier molecular flexibility index (Phi) is 5.68. The number of methoxy groups -OCH3 is 2. The van der Waals surface area contributed by atoms with Gasteiger partial charge in [0.15, 0.2) is 6.61 Å². The Morgan fingerprint density at radius 1 is 1.17 bits per heavy atom. The Hall–Kier alpha value is -2.65. The van der Waals surface area contributed by atoms with Crippen LogP contribution in [0.4, 0.5) is 0 Å². The van der Waals surface area contributed by atoms with Crippen molar-refractivity contribution in [3.05, 3.63) is 35.7 Å². The van der Waals surface area contributed by atoms with Gasteiger partial charge in [0.05, 0.1) is 38.2 Å². The lowest BCUT2D eigenvalue weighted by atomic mass is 9.90. The van der Waals surface area contributed by atoms with Gasteiger partial charge >= 0.3 is 0 Å². The summed E-state index contributed by atoms with van der Waals surface area (Å²) in [6.07, 6.45) is 1.53. The van der Waals surface area contributed by atoms with Gasteiger partial charge in [0, 0.05) is 20.2 Å². The van der Waals surface area contributed by atoms with Crippen LogP contribution in [-0.4, -0.2) is 65.3 Å². The number of hydrogen-bond donors (Lipinski definition) is 0. The summed E-state index contributed by atoms with van der Waals surface area (Å²) < 4.78 is 24.0. The molecule has 156 valence electrons. The van der Waals surface area contributed by atoms with Gasteiger partial charge in [-0.15, -0.1) is 5.10 Å². The lowest BCUT2D eigenvalue weighted by molar-refractivity contribution is -0.147. The molecule has 1 aromatic heterocycles. The van der Waals surface area contributed by atoms with Gasteiger partial charge in [-0.05, 0) is 37.1 Å². The highest BCUT2D eigenvalue weighted by Gasteiger charge is 2.41. The highest BCUT2D eigenvalue weighted by atomic mass is 16.5. The summed E-state index contributed by atoms with van der Waals surface area (Å²) in [5.41, 5.74) is 1.51. The molecule has 0 saturated carbocycles. The van der Waals surface area contributed by atoms with Gasteiger partial charge in [-0.25, -0.2) is 4.68 Å². The number of likely N-dealkylation sites (tertiary alicyclic amines) is 1. The second-order valence-electron chi connectivity index (χ2n) is 7.39. The topological polar surface area (TPSA) is 87.9 Å². The molecule has 0 atom stereocenters. The minimum absolute atomic E-state index is 0.0182. The fraction of sp³-hybridized carbons (Fsp3) is 0.550. The van der Waals surface area contributed by atoms with E-state index in [1.807, 2.05) is 9.58 Å². The van der Waals surface area contributed by atoms with Gasteiger partial charge in [0.1, 0.15) is 17.2 Å². The van der Waals surface area contributed by atoms with E-state index < -0.39 is 0 Å². The fourth-order valence-electron chi connectivity index (χ4n) is 3.82. The van der Waals surface area contributed by atoms with Crippen molar-refractivity contribution in [2.75, 3.05) is 33.9 Å². The van der Waals surface area contributed by atoms with E-state index in [1.54, 1.807) is 38.5 Å². The molecule has 2 aliphatic rings. The number of carbonyl (C=O) groups is 1. The summed E-state index contributed by atoms with van der Waals surface area (Å²) >= 11 is 0. The van der Waals surface area contributed by atoms with Gasteiger partial charge < -0.3 is 23.8 Å². The van der Waals surface area contributed by atoms with Crippen LogP contribution in [0.2, 0.25) is 0 Å². The second-order valence-corrected chi connectivity index (χ2v) is 7.39. The molecule has 2 aromatic rings. The molecule has 0 radical (unpaired) electrons. The molecular weight excluding hydrogens is 376 g/mol. The van der Waals surface area contributed by atoms with Crippen LogP contribution in [0.15, 0.2) is 24.3 Å². The molecule has 4 rings (SSSR count). The standard InChI is InChI=1S/C20H26N4O5/c1-26-11-17-18-12-29-20(14-24(18)22-21-17)7-9-23(10-8-20)19(25)13-28-16-5-3-15(27-2)4-6-16/h3-6H,7-14H2,1-2H3. The summed E-state index contributed by atoms with van der Waals surface area (Å²) in [6.45, 7) is 2.86. The van der Waals surface area contributed by atoms with Crippen molar-refractivity contribution < 1.29 is 23.7 Å². The minimum atomic E-state index is -0.293. The molecule has 1 fully saturated rings. The number of ether oxygens (including phenoxy) is 4. The first-order valence-corrected chi connectivity index (χ1v) is 9.71. The van der Waals surface area contributed by atoms with Crippen LogP contribution in [0.3, 0.4) is 0 Å². The largest absolute Gasteiger partial charge is 0.497 e. The number of hydrogen-bond acceptors (Lipinski definition) is 7. The van der Waals surface area contributed by atoms with E-state index in [0.29, 0.717) is 38.6 Å². The van der Waals surface area contributed by atoms with E-state index in [0.717, 1.165) is 30.0 Å². The van der Waals surface area contributed by atoms with Crippen molar-refractivity contribution in [1.82, 2.24) is 19.9 Å². The van der Waals surface area contributed by atoms with Crippen LogP contribution in [0.1, 0.15) is 24.2 Å². The number of fused-ring (bicyclic) bond motifs is 1. The van der Waals surface area contributed by atoms with E-state index in [4.69, 9.17) is 18.9 Å². The number of nitrogens with zero attached hydrogens (tertiary/aromatic N) is 4. The number of benzene rings is 1. The van der Waals surface area contributed by atoms with Crippen LogP contribution in [0, 0.1) is 0 Å². The lowest BCUT2D eigenvalue weighted by Gasteiger charge is -2.43. The molecule has 1 saturated heterocycles. The Labute approximate surface area is 169 Å². The van der Waals surface area contributed by atoms with Crippen LogP contribution in [-0.2, 0) is 34.0 Å². The van der Waals surface area contributed by atoms with Crippen LogP contribution < -0.4 is 9.47 Å². The third-order valence-corrected chi connectivity index (χ3v) is 5.60. The van der Waals surface area contributed by atoms with Crippen LogP contribution >= 0.6 is 0 Å². The normalized spacial score (nSPS) is 17.8. The van der Waals surface area contributed by atoms with Crippen LogP contribution in [0.25, 0.3) is 0 Å². The highest BCUT2D eigenvalue weighted by molar-refractivity contribution is 5.77. The molecule has 0 bridgehead atoms. The van der Waals surface area contributed by atoms with E-state index >= 15 is 0 Å². The summed E-state index contributed by atoms with van der Waals surface area (Å²) in [5, 5.41) is 8.44. The maximum atomic E-state index is 12.5. The Morgan fingerprint density at radius 2 is 1.90 bits per heavy atom. The first-order valence-electron chi connectivity index (χ1n) is 9.71. The molecule has 0 aliphatic carbocycles. The van der Waals surface area contributed by atoms with Crippen LogP contribution in [0.5, 0.6) is 11.5 Å². The zero-order valence-corrected chi connectivity index (χ0v) is 16.8. The molecule has 9 heteroatoms. The molecule has 2 aliphatic heterocycles. The highest BCUT2D eigenvalue weighted by Crippen LogP contribution is 2.33. The smallest absolute Gasteiger partial charge is 0.260 e. The van der Waals surface area contributed by atoms with Crippen molar-refractivity contribution in [2.24, 2.45) is 0 Å². The maximum absolute atomic E-state index is 12.5. The summed E-state index contributed by atoms with van der Waals surface area (Å²) in [5.74, 6) is 1.38. The SMILES string of the molecule is COCc1nnn2c1COC1(CCN(C(=O)COc3ccc(OC)cc3)CC1)C2. The Balaban J connectivity index is 1.29. The van der Waals surface area contributed by atoms with Crippen molar-refractivity contribution in [3.63, 3.8) is 0 Å². The third kappa shape index (κ3) is 4.20. The fourth-order valence-corrected chi connectivity index (χ4v) is 3.82. The Morgan fingerprint density at radius 3 is 2.59 bits per heavy atom. The Bertz CT molecular complexity index is 843. The van der Waals surface area contributed by atoms with Gasteiger partial charge in [-0.2, -0.15) is 0 Å². The van der Waals surface area contributed by atoms with E-state index in [-0.39, 0.29) is 18.1 Å². The van der Waals surface area contributed by atoms with Crippen molar-refractivity contribution >= 4 is 5.91 Å². The van der Waals surface area contributed by atoms with Gasteiger partial charge in [0.2, 0.25) is 0 Å². The average Bonchev–Trinajstić information content (AvgIpc) is 3.15. The quantitative estimate of drug-likeness (QED) is 0.722. The van der Waals surface area contributed by atoms with E-state index in [9.17, 15) is 4.79 Å². The summed E-state index contributed by atoms with van der Waals surface area (Å²) in [6, 6.07) is 7.20. The van der Waals surface area contributed by atoms with Gasteiger partial charge in [-0.3, -0.25) is 4.79 Å². The number of carbonyl (C=O) groups excluding carboxylic acids is 1. The number of piperidine rings is 1. The molecule has 1 amide bonds.